The van der Waals surface area contributed by atoms with Crippen molar-refractivity contribution in [1.29, 1.82) is 5.26 Å². The van der Waals surface area contributed by atoms with E-state index in [1.54, 1.807) is 25.1 Å². The van der Waals surface area contributed by atoms with Gasteiger partial charge in [-0.3, -0.25) is 4.79 Å². The van der Waals surface area contributed by atoms with E-state index in [0.717, 1.165) is 0 Å². The minimum absolute atomic E-state index is 0.0889. The first-order chi connectivity index (χ1) is 6.57. The van der Waals surface area contributed by atoms with Crippen molar-refractivity contribution in [2.24, 2.45) is 0 Å². The lowest BCUT2D eigenvalue weighted by atomic mass is 10.0. The molecule has 1 unspecified atom stereocenters. The number of ketones is 1. The monoisotopic (exact) mass is 315 g/mol. The predicted molar refractivity (Wildman–Crippen MR) is 61.6 cm³/mol. The number of rotatable bonds is 2. The number of hydrogen-bond donors (Lipinski definition) is 0. The summed E-state index contributed by atoms with van der Waals surface area (Å²) in [5.41, 5.74) is 0.843. The molecule has 1 aromatic rings. The van der Waals surface area contributed by atoms with Crippen molar-refractivity contribution in [3.63, 3.8) is 0 Å². The van der Waals surface area contributed by atoms with Gasteiger partial charge in [-0.25, -0.2) is 0 Å². The molecular weight excluding hydrogens is 310 g/mol. The highest BCUT2D eigenvalue weighted by Gasteiger charge is 2.18. The van der Waals surface area contributed by atoms with Crippen LogP contribution in [-0.2, 0) is 0 Å². The van der Waals surface area contributed by atoms with E-state index in [1.807, 2.05) is 6.07 Å². The van der Waals surface area contributed by atoms with E-state index < -0.39 is 0 Å². The quantitative estimate of drug-likeness (QED) is 0.620. The molecular formula is C10H7Br2NO. The number of carbonyl (C=O) groups excluding carboxylic acids is 1. The molecule has 0 saturated heterocycles. The van der Waals surface area contributed by atoms with Crippen LogP contribution in [-0.4, -0.2) is 10.6 Å². The maximum atomic E-state index is 11.7. The summed E-state index contributed by atoms with van der Waals surface area (Å²) in [6.07, 6.45) is 0. The van der Waals surface area contributed by atoms with Crippen molar-refractivity contribution in [1.82, 2.24) is 0 Å². The molecule has 0 aliphatic rings. The molecule has 2 nitrogen and oxygen atoms in total. The van der Waals surface area contributed by atoms with Crippen molar-refractivity contribution in [3.8, 4) is 6.07 Å². The highest BCUT2D eigenvalue weighted by atomic mass is 79.9. The van der Waals surface area contributed by atoms with Gasteiger partial charge in [-0.05, 0) is 35.0 Å². The third-order valence-corrected chi connectivity index (χ3v) is 2.82. The molecule has 1 rings (SSSR count). The average Bonchev–Trinajstić information content (AvgIpc) is 2.16. The van der Waals surface area contributed by atoms with Crippen LogP contribution in [0.1, 0.15) is 22.8 Å². The first kappa shape index (κ1) is 11.4. The minimum Gasteiger partial charge on any atom is -0.293 e. The second kappa shape index (κ2) is 4.72. The van der Waals surface area contributed by atoms with E-state index in [-0.39, 0.29) is 10.6 Å². The van der Waals surface area contributed by atoms with Crippen LogP contribution in [0.15, 0.2) is 22.7 Å². The smallest absolute Gasteiger partial charge is 0.178 e. The summed E-state index contributed by atoms with van der Waals surface area (Å²) in [5, 5.41) is 8.84. The fraction of sp³-hybridized carbons (Fsp3) is 0.200. The number of carbonyl (C=O) groups is 1. The lowest BCUT2D eigenvalue weighted by Gasteiger charge is -2.06. The van der Waals surface area contributed by atoms with Gasteiger partial charge < -0.3 is 0 Å². The van der Waals surface area contributed by atoms with Crippen LogP contribution in [0.2, 0.25) is 0 Å². The van der Waals surface area contributed by atoms with Gasteiger partial charge in [0.05, 0.1) is 22.0 Å². The van der Waals surface area contributed by atoms with Crippen molar-refractivity contribution in [2.45, 2.75) is 11.8 Å². The zero-order valence-corrected chi connectivity index (χ0v) is 10.6. The molecule has 0 N–H and O–H groups in total. The van der Waals surface area contributed by atoms with Gasteiger partial charge in [0.25, 0.3) is 0 Å². The molecule has 0 radical (unpaired) electrons. The Bertz CT molecular complexity index is 407. The van der Waals surface area contributed by atoms with Crippen molar-refractivity contribution in [3.05, 3.63) is 33.8 Å². The van der Waals surface area contributed by atoms with Crippen LogP contribution < -0.4 is 0 Å². The Labute approximate surface area is 99.2 Å². The summed E-state index contributed by atoms with van der Waals surface area (Å²) in [4.78, 5) is 11.4. The lowest BCUT2D eigenvalue weighted by Crippen LogP contribution is -2.12. The Morgan fingerprint density at radius 3 is 2.71 bits per heavy atom. The molecule has 0 amide bonds. The predicted octanol–water partition coefficient (Wildman–Crippen LogP) is 3.29. The van der Waals surface area contributed by atoms with Crippen molar-refractivity contribution < 1.29 is 4.79 Å². The number of Topliss-reactive ketones (excluding diaryl/α,β-unsaturated/α-hetero) is 1. The molecule has 0 spiro atoms. The maximum absolute atomic E-state index is 11.7. The molecule has 0 bridgehead atoms. The third kappa shape index (κ3) is 2.23. The van der Waals surface area contributed by atoms with Gasteiger partial charge >= 0.3 is 0 Å². The van der Waals surface area contributed by atoms with E-state index in [2.05, 4.69) is 31.9 Å². The standard InChI is InChI=1S/C10H7Br2NO/c1-6(11)10(14)9-7(5-13)3-2-4-8(9)12/h2-4,6H,1H3. The topological polar surface area (TPSA) is 40.9 Å². The fourth-order valence-electron chi connectivity index (χ4n) is 1.07. The second-order valence-electron chi connectivity index (χ2n) is 2.75. The molecule has 14 heavy (non-hydrogen) atoms. The van der Waals surface area contributed by atoms with Crippen LogP contribution >= 0.6 is 31.9 Å². The minimum atomic E-state index is -0.284. The summed E-state index contributed by atoms with van der Waals surface area (Å²) in [6.45, 7) is 1.74. The number of nitrogens with zero attached hydrogens (tertiary/aromatic N) is 1. The van der Waals surface area contributed by atoms with Gasteiger partial charge in [-0.1, -0.05) is 22.0 Å². The first-order valence-corrected chi connectivity index (χ1v) is 5.65. The molecule has 1 atom stereocenters. The highest BCUT2D eigenvalue weighted by molar-refractivity contribution is 9.10. The SMILES string of the molecule is CC(Br)C(=O)c1c(Br)cccc1C#N. The van der Waals surface area contributed by atoms with Crippen LogP contribution in [0.5, 0.6) is 0 Å². The Morgan fingerprint density at radius 2 is 2.21 bits per heavy atom. The van der Waals surface area contributed by atoms with Crippen molar-refractivity contribution >= 4 is 37.6 Å². The third-order valence-electron chi connectivity index (χ3n) is 1.74. The van der Waals surface area contributed by atoms with E-state index >= 15 is 0 Å². The molecule has 0 saturated carbocycles. The average molecular weight is 317 g/mol. The fourth-order valence-corrected chi connectivity index (χ4v) is 1.86. The lowest BCUT2D eigenvalue weighted by molar-refractivity contribution is 0.0995. The summed E-state index contributed by atoms with van der Waals surface area (Å²) in [5.74, 6) is -0.0889. The number of alkyl halides is 1. The zero-order valence-electron chi connectivity index (χ0n) is 7.42. The van der Waals surface area contributed by atoms with Gasteiger partial charge in [0.2, 0.25) is 0 Å². The molecule has 0 heterocycles. The first-order valence-electron chi connectivity index (χ1n) is 3.94. The number of hydrogen-bond acceptors (Lipinski definition) is 2. The number of nitriles is 1. The van der Waals surface area contributed by atoms with Crippen LogP contribution in [0.4, 0.5) is 0 Å². The molecule has 4 heteroatoms. The maximum Gasteiger partial charge on any atom is 0.178 e. The molecule has 0 fully saturated rings. The van der Waals surface area contributed by atoms with Gasteiger partial charge in [-0.2, -0.15) is 5.26 Å². The second-order valence-corrected chi connectivity index (χ2v) is 4.98. The van der Waals surface area contributed by atoms with Gasteiger partial charge in [0, 0.05) is 4.47 Å². The van der Waals surface area contributed by atoms with E-state index in [4.69, 9.17) is 5.26 Å². The normalized spacial score (nSPS) is 11.9. The molecule has 0 aliphatic heterocycles. The summed E-state index contributed by atoms with van der Waals surface area (Å²) < 4.78 is 0.660. The van der Waals surface area contributed by atoms with E-state index in [9.17, 15) is 4.79 Å². The van der Waals surface area contributed by atoms with Gasteiger partial charge in [-0.15, -0.1) is 0 Å². The summed E-state index contributed by atoms with van der Waals surface area (Å²) >= 11 is 6.46. The number of benzene rings is 1. The Hall–Kier alpha value is -0.660. The van der Waals surface area contributed by atoms with E-state index in [1.165, 1.54) is 0 Å². The summed E-state index contributed by atoms with van der Waals surface area (Å²) in [6, 6.07) is 7.12. The highest BCUT2D eigenvalue weighted by Crippen LogP contribution is 2.23. The van der Waals surface area contributed by atoms with E-state index in [0.29, 0.717) is 15.6 Å². The number of halogens is 2. The van der Waals surface area contributed by atoms with Crippen molar-refractivity contribution in [2.75, 3.05) is 0 Å². The van der Waals surface area contributed by atoms with Gasteiger partial charge in [0.15, 0.2) is 5.78 Å². The Morgan fingerprint density at radius 1 is 1.57 bits per heavy atom. The zero-order chi connectivity index (χ0) is 10.7. The molecule has 0 aromatic heterocycles. The van der Waals surface area contributed by atoms with Crippen LogP contribution in [0.25, 0.3) is 0 Å². The summed E-state index contributed by atoms with van der Waals surface area (Å²) in [7, 11) is 0. The largest absolute Gasteiger partial charge is 0.293 e. The van der Waals surface area contributed by atoms with Gasteiger partial charge in [0.1, 0.15) is 0 Å². The Kier molecular flexibility index (Phi) is 3.85. The molecule has 72 valence electrons. The van der Waals surface area contributed by atoms with Crippen LogP contribution in [0.3, 0.4) is 0 Å². The Balaban J connectivity index is 3.33. The molecule has 0 aliphatic carbocycles. The van der Waals surface area contributed by atoms with Crippen LogP contribution in [0, 0.1) is 11.3 Å². The molecule has 1 aromatic carbocycles.